The van der Waals surface area contributed by atoms with Crippen LogP contribution in [0.1, 0.15) is 26.7 Å². The maximum absolute atomic E-state index is 5.49. The summed E-state index contributed by atoms with van der Waals surface area (Å²) in [5, 5.41) is 3.14. The van der Waals surface area contributed by atoms with Crippen molar-refractivity contribution >= 4 is 0 Å². The molecule has 0 rings (SSSR count). The Morgan fingerprint density at radius 1 is 1.31 bits per heavy atom. The molecule has 0 aromatic rings. The van der Waals surface area contributed by atoms with E-state index in [1.807, 2.05) is 14.0 Å². The molecule has 2 unspecified atom stereocenters. The van der Waals surface area contributed by atoms with Gasteiger partial charge in [-0.1, -0.05) is 6.92 Å². The van der Waals surface area contributed by atoms with Crippen molar-refractivity contribution in [3.05, 3.63) is 0 Å². The maximum Gasteiger partial charge on any atom is 0.159 e. The standard InChI is InChI=1S/C10H23NO2/c1-5-9(7-8-11-3)10(12-4)13-6-2/h9-11H,5-8H2,1-4H3. The Labute approximate surface area is 81.8 Å². The van der Waals surface area contributed by atoms with Crippen LogP contribution >= 0.6 is 0 Å². The summed E-state index contributed by atoms with van der Waals surface area (Å²) in [5.74, 6) is 0.498. The van der Waals surface area contributed by atoms with Crippen LogP contribution in [0.2, 0.25) is 0 Å². The Morgan fingerprint density at radius 2 is 2.00 bits per heavy atom. The van der Waals surface area contributed by atoms with Crippen LogP contribution < -0.4 is 5.32 Å². The van der Waals surface area contributed by atoms with E-state index in [-0.39, 0.29) is 6.29 Å². The second-order valence-electron chi connectivity index (χ2n) is 3.12. The zero-order chi connectivity index (χ0) is 10.1. The number of rotatable bonds is 8. The molecule has 1 N–H and O–H groups in total. The molecule has 0 fully saturated rings. The van der Waals surface area contributed by atoms with Crippen molar-refractivity contribution in [2.24, 2.45) is 5.92 Å². The summed E-state index contributed by atoms with van der Waals surface area (Å²) < 4.78 is 10.8. The first-order valence-electron chi connectivity index (χ1n) is 5.09. The zero-order valence-corrected chi connectivity index (χ0v) is 9.30. The highest BCUT2D eigenvalue weighted by molar-refractivity contribution is 4.62. The third-order valence-electron chi connectivity index (χ3n) is 2.24. The van der Waals surface area contributed by atoms with Crippen LogP contribution in [0.3, 0.4) is 0 Å². The molecule has 3 nitrogen and oxygen atoms in total. The van der Waals surface area contributed by atoms with Crippen molar-refractivity contribution in [2.45, 2.75) is 33.0 Å². The van der Waals surface area contributed by atoms with Gasteiger partial charge in [-0.15, -0.1) is 0 Å². The van der Waals surface area contributed by atoms with E-state index in [0.717, 1.165) is 19.4 Å². The summed E-state index contributed by atoms with van der Waals surface area (Å²) >= 11 is 0. The Hall–Kier alpha value is -0.120. The van der Waals surface area contributed by atoms with Crippen molar-refractivity contribution < 1.29 is 9.47 Å². The van der Waals surface area contributed by atoms with Gasteiger partial charge < -0.3 is 14.8 Å². The van der Waals surface area contributed by atoms with Gasteiger partial charge in [0.15, 0.2) is 6.29 Å². The van der Waals surface area contributed by atoms with Gasteiger partial charge in [0.25, 0.3) is 0 Å². The van der Waals surface area contributed by atoms with Gasteiger partial charge in [-0.25, -0.2) is 0 Å². The number of hydrogen-bond donors (Lipinski definition) is 1. The van der Waals surface area contributed by atoms with Gasteiger partial charge in [0, 0.05) is 19.6 Å². The van der Waals surface area contributed by atoms with Gasteiger partial charge >= 0.3 is 0 Å². The van der Waals surface area contributed by atoms with E-state index in [0.29, 0.717) is 12.5 Å². The van der Waals surface area contributed by atoms with E-state index in [1.165, 1.54) is 0 Å². The molecule has 0 aromatic heterocycles. The minimum absolute atomic E-state index is 0.0386. The number of ether oxygens (including phenoxy) is 2. The molecule has 0 spiro atoms. The van der Waals surface area contributed by atoms with Gasteiger partial charge in [0.2, 0.25) is 0 Å². The molecule has 0 aliphatic rings. The quantitative estimate of drug-likeness (QED) is 0.589. The average molecular weight is 189 g/mol. The topological polar surface area (TPSA) is 30.5 Å². The molecule has 0 amide bonds. The third-order valence-corrected chi connectivity index (χ3v) is 2.24. The molecular weight excluding hydrogens is 166 g/mol. The van der Waals surface area contributed by atoms with Crippen molar-refractivity contribution in [3.8, 4) is 0 Å². The highest BCUT2D eigenvalue weighted by Crippen LogP contribution is 2.16. The summed E-state index contributed by atoms with van der Waals surface area (Å²) in [6.07, 6.45) is 2.16. The predicted octanol–water partition coefficient (Wildman–Crippen LogP) is 1.63. The average Bonchev–Trinajstić information content (AvgIpc) is 2.17. The predicted molar refractivity (Wildman–Crippen MR) is 54.7 cm³/mol. The highest BCUT2D eigenvalue weighted by Gasteiger charge is 2.18. The maximum atomic E-state index is 5.49. The molecular formula is C10H23NO2. The lowest BCUT2D eigenvalue weighted by molar-refractivity contribution is -0.154. The van der Waals surface area contributed by atoms with Crippen LogP contribution in [-0.4, -0.2) is 33.6 Å². The molecule has 0 radical (unpaired) electrons. The monoisotopic (exact) mass is 189 g/mol. The lowest BCUT2D eigenvalue weighted by Crippen LogP contribution is -2.28. The molecule has 0 saturated carbocycles. The van der Waals surface area contributed by atoms with Gasteiger partial charge in [-0.2, -0.15) is 0 Å². The lowest BCUT2D eigenvalue weighted by Gasteiger charge is -2.24. The van der Waals surface area contributed by atoms with Gasteiger partial charge in [-0.05, 0) is 33.4 Å². The second-order valence-corrected chi connectivity index (χ2v) is 3.12. The molecule has 3 heteroatoms. The van der Waals surface area contributed by atoms with Crippen LogP contribution in [0.5, 0.6) is 0 Å². The van der Waals surface area contributed by atoms with E-state index >= 15 is 0 Å². The van der Waals surface area contributed by atoms with Crippen molar-refractivity contribution in [2.75, 3.05) is 27.3 Å². The van der Waals surface area contributed by atoms with E-state index in [2.05, 4.69) is 12.2 Å². The minimum atomic E-state index is -0.0386. The van der Waals surface area contributed by atoms with E-state index in [9.17, 15) is 0 Å². The molecule has 13 heavy (non-hydrogen) atoms. The zero-order valence-electron chi connectivity index (χ0n) is 9.30. The van der Waals surface area contributed by atoms with E-state index in [4.69, 9.17) is 9.47 Å². The third kappa shape index (κ3) is 5.24. The summed E-state index contributed by atoms with van der Waals surface area (Å²) in [6, 6.07) is 0. The van der Waals surface area contributed by atoms with Crippen molar-refractivity contribution in [1.29, 1.82) is 0 Å². The summed E-state index contributed by atoms with van der Waals surface area (Å²) in [7, 11) is 3.68. The number of methoxy groups -OCH3 is 1. The van der Waals surface area contributed by atoms with Gasteiger partial charge in [0.1, 0.15) is 0 Å². The Bertz CT molecular complexity index is 109. The van der Waals surface area contributed by atoms with Gasteiger partial charge in [0.05, 0.1) is 0 Å². The molecule has 0 aliphatic heterocycles. The molecule has 0 bridgehead atoms. The van der Waals surface area contributed by atoms with Crippen LogP contribution in [0.15, 0.2) is 0 Å². The fraction of sp³-hybridized carbons (Fsp3) is 1.00. The largest absolute Gasteiger partial charge is 0.356 e. The van der Waals surface area contributed by atoms with E-state index in [1.54, 1.807) is 7.11 Å². The molecule has 2 atom stereocenters. The molecule has 0 aliphatic carbocycles. The number of hydrogen-bond acceptors (Lipinski definition) is 3. The fourth-order valence-electron chi connectivity index (χ4n) is 1.42. The molecule has 0 aromatic carbocycles. The highest BCUT2D eigenvalue weighted by atomic mass is 16.7. The number of nitrogens with one attached hydrogen (secondary N) is 1. The van der Waals surface area contributed by atoms with Crippen LogP contribution in [-0.2, 0) is 9.47 Å². The second kappa shape index (κ2) is 8.48. The fourth-order valence-corrected chi connectivity index (χ4v) is 1.42. The van der Waals surface area contributed by atoms with Crippen LogP contribution in [0, 0.1) is 5.92 Å². The first-order chi connectivity index (χ1) is 6.29. The lowest BCUT2D eigenvalue weighted by atomic mass is 10.0. The normalized spacial score (nSPS) is 15.7. The summed E-state index contributed by atoms with van der Waals surface area (Å²) in [6.45, 7) is 5.90. The molecule has 0 saturated heterocycles. The minimum Gasteiger partial charge on any atom is -0.356 e. The van der Waals surface area contributed by atoms with Crippen molar-refractivity contribution in [1.82, 2.24) is 5.32 Å². The molecule has 0 heterocycles. The Balaban J connectivity index is 3.84. The first kappa shape index (κ1) is 12.9. The van der Waals surface area contributed by atoms with E-state index < -0.39 is 0 Å². The van der Waals surface area contributed by atoms with Gasteiger partial charge in [-0.3, -0.25) is 0 Å². The Morgan fingerprint density at radius 3 is 2.38 bits per heavy atom. The first-order valence-corrected chi connectivity index (χ1v) is 5.09. The van der Waals surface area contributed by atoms with Crippen molar-refractivity contribution in [3.63, 3.8) is 0 Å². The SMILES string of the molecule is CCOC(OC)C(CC)CCNC. The summed E-state index contributed by atoms with van der Waals surface area (Å²) in [5.41, 5.74) is 0. The Kier molecular flexibility index (Phi) is 8.40. The molecule has 80 valence electrons. The van der Waals surface area contributed by atoms with Crippen LogP contribution in [0.25, 0.3) is 0 Å². The van der Waals surface area contributed by atoms with Crippen LogP contribution in [0.4, 0.5) is 0 Å². The summed E-state index contributed by atoms with van der Waals surface area (Å²) in [4.78, 5) is 0. The smallest absolute Gasteiger partial charge is 0.159 e.